The van der Waals surface area contributed by atoms with Crippen molar-refractivity contribution in [3.63, 3.8) is 0 Å². The highest BCUT2D eigenvalue weighted by atomic mass is 14.5. The van der Waals surface area contributed by atoms with Crippen LogP contribution in [-0.4, -0.2) is 0 Å². The molecule has 0 bridgehead atoms. The molecular weight excluding hydrogens is 120 g/mol. The molecule has 0 aromatic carbocycles. The Morgan fingerprint density at radius 1 is 1.40 bits per heavy atom. The third-order valence-corrected chi connectivity index (χ3v) is 3.54. The van der Waals surface area contributed by atoms with Gasteiger partial charge in [-0.3, -0.25) is 0 Å². The van der Waals surface area contributed by atoms with Crippen molar-refractivity contribution in [2.45, 2.75) is 46.0 Å². The van der Waals surface area contributed by atoms with Crippen LogP contribution < -0.4 is 0 Å². The van der Waals surface area contributed by atoms with Gasteiger partial charge in [0.2, 0.25) is 0 Å². The summed E-state index contributed by atoms with van der Waals surface area (Å²) in [6.07, 6.45) is 7.36. The minimum atomic E-state index is 0.764. The van der Waals surface area contributed by atoms with Gasteiger partial charge in [0.25, 0.3) is 0 Å². The Kier molecular flexibility index (Phi) is 1.33. The average molecular weight is 137 g/mol. The zero-order valence-electron chi connectivity index (χ0n) is 7.11. The molecule has 2 saturated carbocycles. The van der Waals surface area contributed by atoms with E-state index in [1.807, 2.05) is 0 Å². The van der Waals surface area contributed by atoms with E-state index >= 15 is 0 Å². The van der Waals surface area contributed by atoms with E-state index in [4.69, 9.17) is 0 Å². The first-order chi connectivity index (χ1) is 4.72. The molecule has 0 aromatic heterocycles. The van der Waals surface area contributed by atoms with E-state index in [0.717, 1.165) is 11.3 Å². The predicted molar refractivity (Wildman–Crippen MR) is 43.6 cm³/mol. The van der Waals surface area contributed by atoms with Gasteiger partial charge in [0.05, 0.1) is 0 Å². The summed E-state index contributed by atoms with van der Waals surface area (Å²) in [7, 11) is 0. The fourth-order valence-corrected chi connectivity index (χ4v) is 2.49. The second-order valence-electron chi connectivity index (χ2n) is 4.45. The Morgan fingerprint density at radius 2 is 2.10 bits per heavy atom. The summed E-state index contributed by atoms with van der Waals surface area (Å²) in [6, 6.07) is 0. The van der Waals surface area contributed by atoms with Gasteiger partial charge in [0.1, 0.15) is 0 Å². The predicted octanol–water partition coefficient (Wildman–Crippen LogP) is 3.18. The summed E-state index contributed by atoms with van der Waals surface area (Å²) >= 11 is 0. The van der Waals surface area contributed by atoms with Gasteiger partial charge in [-0.15, -0.1) is 0 Å². The minimum Gasteiger partial charge on any atom is -0.0594 e. The molecule has 0 saturated heterocycles. The van der Waals surface area contributed by atoms with Crippen LogP contribution in [-0.2, 0) is 0 Å². The molecule has 10 heavy (non-hydrogen) atoms. The number of hydrogen-bond donors (Lipinski definition) is 0. The Hall–Kier alpha value is 0. The quantitative estimate of drug-likeness (QED) is 0.520. The standard InChI is InChI=1S/C10H17/c1-8-4-3-5-9(8)10(2)6-7-10/h9H,3-7H2,1-2H3. The molecule has 0 N–H and O–H groups in total. The smallest absolute Gasteiger partial charge is 0.0236 e. The zero-order chi connectivity index (χ0) is 7.19. The fraction of sp³-hybridized carbons (Fsp3) is 0.900. The van der Waals surface area contributed by atoms with Gasteiger partial charge in [-0.25, -0.2) is 0 Å². The molecular formula is C10H17. The summed E-state index contributed by atoms with van der Waals surface area (Å²) in [4.78, 5) is 0. The third kappa shape index (κ3) is 0.889. The van der Waals surface area contributed by atoms with Crippen LogP contribution in [0.15, 0.2) is 0 Å². The Morgan fingerprint density at radius 3 is 2.50 bits per heavy atom. The second-order valence-corrected chi connectivity index (χ2v) is 4.45. The van der Waals surface area contributed by atoms with E-state index in [2.05, 4.69) is 13.8 Å². The van der Waals surface area contributed by atoms with E-state index < -0.39 is 0 Å². The van der Waals surface area contributed by atoms with Crippen LogP contribution in [0.2, 0.25) is 0 Å². The van der Waals surface area contributed by atoms with E-state index in [0.29, 0.717) is 0 Å². The van der Waals surface area contributed by atoms with Gasteiger partial charge in [-0.1, -0.05) is 20.3 Å². The molecule has 1 radical (unpaired) electrons. The van der Waals surface area contributed by atoms with Crippen molar-refractivity contribution in [3.05, 3.63) is 5.92 Å². The van der Waals surface area contributed by atoms with Crippen LogP contribution in [0.3, 0.4) is 0 Å². The molecule has 0 heterocycles. The molecule has 2 rings (SSSR count). The van der Waals surface area contributed by atoms with E-state index in [9.17, 15) is 0 Å². The zero-order valence-corrected chi connectivity index (χ0v) is 7.11. The maximum atomic E-state index is 2.46. The summed E-state index contributed by atoms with van der Waals surface area (Å²) in [5.41, 5.74) is 0.764. The van der Waals surface area contributed by atoms with Gasteiger partial charge < -0.3 is 0 Å². The van der Waals surface area contributed by atoms with Crippen molar-refractivity contribution in [3.8, 4) is 0 Å². The van der Waals surface area contributed by atoms with Crippen LogP contribution in [0, 0.1) is 17.3 Å². The minimum absolute atomic E-state index is 0.764. The number of hydrogen-bond acceptors (Lipinski definition) is 0. The summed E-state index contributed by atoms with van der Waals surface area (Å²) < 4.78 is 0. The molecule has 0 amide bonds. The molecule has 57 valence electrons. The SMILES string of the molecule is C[C]1CCCC1C1(C)CC1. The van der Waals surface area contributed by atoms with E-state index in [1.54, 1.807) is 5.92 Å². The van der Waals surface area contributed by atoms with Gasteiger partial charge >= 0.3 is 0 Å². The Balaban J connectivity index is 2.03. The van der Waals surface area contributed by atoms with E-state index in [1.165, 1.54) is 32.1 Å². The fourth-order valence-electron chi connectivity index (χ4n) is 2.49. The van der Waals surface area contributed by atoms with Gasteiger partial charge in [0.15, 0.2) is 0 Å². The van der Waals surface area contributed by atoms with Crippen molar-refractivity contribution in [2.75, 3.05) is 0 Å². The van der Waals surface area contributed by atoms with Crippen LogP contribution in [0.25, 0.3) is 0 Å². The maximum absolute atomic E-state index is 2.46. The van der Waals surface area contributed by atoms with Crippen molar-refractivity contribution < 1.29 is 0 Å². The summed E-state index contributed by atoms with van der Waals surface area (Å²) in [5.74, 6) is 2.80. The van der Waals surface area contributed by atoms with Crippen LogP contribution in [0.4, 0.5) is 0 Å². The van der Waals surface area contributed by atoms with Crippen molar-refractivity contribution in [1.29, 1.82) is 0 Å². The summed E-state index contributed by atoms with van der Waals surface area (Å²) in [6.45, 7) is 4.83. The molecule has 2 aliphatic rings. The lowest BCUT2D eigenvalue weighted by atomic mass is 9.83. The van der Waals surface area contributed by atoms with E-state index in [-0.39, 0.29) is 0 Å². The number of rotatable bonds is 1. The highest BCUT2D eigenvalue weighted by Gasteiger charge is 2.48. The molecule has 0 aliphatic heterocycles. The summed E-state index contributed by atoms with van der Waals surface area (Å²) in [5, 5.41) is 0. The lowest BCUT2D eigenvalue weighted by Crippen LogP contribution is -2.13. The van der Waals surface area contributed by atoms with Crippen LogP contribution >= 0.6 is 0 Å². The molecule has 0 aromatic rings. The molecule has 2 aliphatic carbocycles. The first kappa shape index (κ1) is 6.69. The first-order valence-corrected chi connectivity index (χ1v) is 4.55. The van der Waals surface area contributed by atoms with Crippen molar-refractivity contribution in [1.82, 2.24) is 0 Å². The second kappa shape index (κ2) is 1.99. The molecule has 0 nitrogen and oxygen atoms in total. The highest BCUT2D eigenvalue weighted by molar-refractivity contribution is 5.09. The molecule has 1 atom stereocenters. The molecule has 0 spiro atoms. The van der Waals surface area contributed by atoms with Crippen molar-refractivity contribution >= 4 is 0 Å². The molecule has 0 heteroatoms. The van der Waals surface area contributed by atoms with Crippen LogP contribution in [0.5, 0.6) is 0 Å². The monoisotopic (exact) mass is 137 g/mol. The van der Waals surface area contributed by atoms with Gasteiger partial charge in [-0.05, 0) is 42.9 Å². The Labute approximate surface area is 64.0 Å². The first-order valence-electron chi connectivity index (χ1n) is 4.55. The third-order valence-electron chi connectivity index (χ3n) is 3.54. The van der Waals surface area contributed by atoms with Crippen LogP contribution in [0.1, 0.15) is 46.0 Å². The highest BCUT2D eigenvalue weighted by Crippen LogP contribution is 2.58. The largest absolute Gasteiger partial charge is 0.0594 e. The average Bonchev–Trinajstić information content (AvgIpc) is 2.44. The lowest BCUT2D eigenvalue weighted by Gasteiger charge is -2.21. The van der Waals surface area contributed by atoms with Crippen molar-refractivity contribution in [2.24, 2.45) is 11.3 Å². The Bertz CT molecular complexity index is 133. The topological polar surface area (TPSA) is 0 Å². The lowest BCUT2D eigenvalue weighted by molar-refractivity contribution is 0.366. The molecule has 2 fully saturated rings. The molecule has 1 unspecified atom stereocenters. The van der Waals surface area contributed by atoms with Gasteiger partial charge in [-0.2, -0.15) is 0 Å². The van der Waals surface area contributed by atoms with Gasteiger partial charge in [0, 0.05) is 0 Å². The normalized spacial score (nSPS) is 38.4. The maximum Gasteiger partial charge on any atom is -0.0236 e.